The summed E-state index contributed by atoms with van der Waals surface area (Å²) in [5, 5.41) is 0. The van der Waals surface area contributed by atoms with Crippen molar-refractivity contribution in [2.24, 2.45) is 0 Å². The predicted octanol–water partition coefficient (Wildman–Crippen LogP) is 3.53. The summed E-state index contributed by atoms with van der Waals surface area (Å²) in [5.41, 5.74) is 3.37. The summed E-state index contributed by atoms with van der Waals surface area (Å²) in [6.07, 6.45) is 1.72. The number of hydrogen-bond donors (Lipinski definition) is 0. The van der Waals surface area contributed by atoms with Gasteiger partial charge in [-0.1, -0.05) is 42.0 Å². The Morgan fingerprint density at radius 1 is 1.16 bits per heavy atom. The maximum absolute atomic E-state index is 11.3. The molecule has 0 saturated heterocycles. The highest BCUT2D eigenvalue weighted by Gasteiger charge is 2.11. The van der Waals surface area contributed by atoms with E-state index in [-0.39, 0.29) is 5.92 Å². The Hall–Kier alpha value is -2.09. The van der Waals surface area contributed by atoms with E-state index < -0.39 is 0 Å². The van der Waals surface area contributed by atoms with Crippen LogP contribution in [-0.4, -0.2) is 13.4 Å². The second-order valence-electron chi connectivity index (χ2n) is 4.71. The number of aryl methyl sites for hydroxylation is 1. The lowest BCUT2D eigenvalue weighted by atomic mass is 9.93. The molecule has 2 aromatic rings. The molecule has 0 N–H and O–H groups in total. The molecule has 0 saturated carbocycles. The van der Waals surface area contributed by atoms with E-state index in [9.17, 15) is 4.79 Å². The number of rotatable bonds is 5. The highest BCUT2D eigenvalue weighted by atomic mass is 16.5. The molecule has 0 aliphatic heterocycles. The number of aldehydes is 1. The summed E-state index contributed by atoms with van der Waals surface area (Å²) in [7, 11) is 1.65. The molecule has 0 aliphatic carbocycles. The van der Waals surface area contributed by atoms with E-state index >= 15 is 0 Å². The largest absolute Gasteiger partial charge is 0.497 e. The highest BCUT2D eigenvalue weighted by molar-refractivity contribution is 5.63. The van der Waals surface area contributed by atoms with E-state index in [1.807, 2.05) is 55.5 Å². The van der Waals surface area contributed by atoms with Crippen molar-refractivity contribution < 1.29 is 9.53 Å². The third-order valence-electron chi connectivity index (χ3n) is 3.26. The Balaban J connectivity index is 2.18. The first kappa shape index (κ1) is 13.3. The van der Waals surface area contributed by atoms with Gasteiger partial charge in [-0.05, 0) is 36.6 Å². The van der Waals surface area contributed by atoms with Gasteiger partial charge < -0.3 is 9.53 Å². The quantitative estimate of drug-likeness (QED) is 0.763. The van der Waals surface area contributed by atoms with Crippen LogP contribution in [0.25, 0.3) is 0 Å². The van der Waals surface area contributed by atoms with Crippen LogP contribution in [-0.2, 0) is 11.2 Å². The van der Waals surface area contributed by atoms with Gasteiger partial charge in [0.25, 0.3) is 0 Å². The zero-order chi connectivity index (χ0) is 13.7. The van der Waals surface area contributed by atoms with Gasteiger partial charge in [0, 0.05) is 5.92 Å². The summed E-state index contributed by atoms with van der Waals surface area (Å²) in [5.74, 6) is 0.721. The minimum Gasteiger partial charge on any atom is -0.497 e. The molecule has 2 rings (SSSR count). The average Bonchev–Trinajstić information content (AvgIpc) is 2.46. The van der Waals surface area contributed by atoms with Crippen LogP contribution in [0.2, 0.25) is 0 Å². The SMILES string of the molecule is COc1cccc(CC(C=O)c2ccc(C)cc2)c1. The first-order valence-corrected chi connectivity index (χ1v) is 6.37. The van der Waals surface area contributed by atoms with Crippen molar-refractivity contribution in [1.29, 1.82) is 0 Å². The minimum atomic E-state index is -0.104. The topological polar surface area (TPSA) is 26.3 Å². The standard InChI is InChI=1S/C17H18O2/c1-13-6-8-15(9-7-13)16(12-18)10-14-4-3-5-17(11-14)19-2/h3-9,11-12,16H,10H2,1-2H3. The van der Waals surface area contributed by atoms with Gasteiger partial charge in [-0.25, -0.2) is 0 Å². The van der Waals surface area contributed by atoms with E-state index in [0.29, 0.717) is 6.42 Å². The summed E-state index contributed by atoms with van der Waals surface area (Å²) in [6, 6.07) is 16.0. The first-order valence-electron chi connectivity index (χ1n) is 6.37. The zero-order valence-electron chi connectivity index (χ0n) is 11.3. The average molecular weight is 254 g/mol. The zero-order valence-corrected chi connectivity index (χ0v) is 11.3. The fraction of sp³-hybridized carbons (Fsp3) is 0.235. The van der Waals surface area contributed by atoms with Crippen LogP contribution >= 0.6 is 0 Å². The summed E-state index contributed by atoms with van der Waals surface area (Å²) < 4.78 is 5.20. The third kappa shape index (κ3) is 3.44. The molecule has 0 aliphatic rings. The van der Waals surface area contributed by atoms with E-state index in [2.05, 4.69) is 0 Å². The van der Waals surface area contributed by atoms with Crippen LogP contribution in [0, 0.1) is 6.92 Å². The van der Waals surface area contributed by atoms with Gasteiger partial charge in [0.1, 0.15) is 12.0 Å². The molecule has 2 nitrogen and oxygen atoms in total. The molecule has 0 bridgehead atoms. The highest BCUT2D eigenvalue weighted by Crippen LogP contribution is 2.22. The number of benzene rings is 2. The number of carbonyl (C=O) groups is 1. The second kappa shape index (κ2) is 6.19. The number of hydrogen-bond acceptors (Lipinski definition) is 2. The van der Waals surface area contributed by atoms with E-state index in [1.54, 1.807) is 7.11 Å². The van der Waals surface area contributed by atoms with Crippen LogP contribution in [0.1, 0.15) is 22.6 Å². The second-order valence-corrected chi connectivity index (χ2v) is 4.71. The molecular weight excluding hydrogens is 236 g/mol. The van der Waals surface area contributed by atoms with Gasteiger partial charge in [0.15, 0.2) is 0 Å². The van der Waals surface area contributed by atoms with Crippen LogP contribution in [0.5, 0.6) is 5.75 Å². The molecule has 98 valence electrons. The molecule has 0 radical (unpaired) electrons. The predicted molar refractivity (Wildman–Crippen MR) is 76.7 cm³/mol. The van der Waals surface area contributed by atoms with Gasteiger partial charge in [-0.2, -0.15) is 0 Å². The van der Waals surface area contributed by atoms with Crippen molar-refractivity contribution in [3.05, 3.63) is 65.2 Å². The Morgan fingerprint density at radius 2 is 1.89 bits per heavy atom. The molecular formula is C17H18O2. The summed E-state index contributed by atoms with van der Waals surface area (Å²) in [6.45, 7) is 2.04. The maximum Gasteiger partial charge on any atom is 0.127 e. The number of methoxy groups -OCH3 is 1. The van der Waals surface area contributed by atoms with Crippen molar-refractivity contribution in [3.63, 3.8) is 0 Å². The first-order chi connectivity index (χ1) is 9.22. The Morgan fingerprint density at radius 3 is 2.53 bits per heavy atom. The van der Waals surface area contributed by atoms with Gasteiger partial charge in [0.05, 0.1) is 7.11 Å². The van der Waals surface area contributed by atoms with Crippen molar-refractivity contribution in [3.8, 4) is 5.75 Å². The minimum absolute atomic E-state index is 0.104. The summed E-state index contributed by atoms with van der Waals surface area (Å²) >= 11 is 0. The van der Waals surface area contributed by atoms with Crippen LogP contribution in [0.15, 0.2) is 48.5 Å². The molecule has 0 fully saturated rings. The summed E-state index contributed by atoms with van der Waals surface area (Å²) in [4.78, 5) is 11.3. The van der Waals surface area contributed by atoms with Gasteiger partial charge in [-0.15, -0.1) is 0 Å². The molecule has 1 atom stereocenters. The lowest BCUT2D eigenvalue weighted by Gasteiger charge is -2.12. The van der Waals surface area contributed by atoms with Crippen LogP contribution < -0.4 is 4.74 Å². The van der Waals surface area contributed by atoms with Crippen molar-refractivity contribution in [2.75, 3.05) is 7.11 Å². The van der Waals surface area contributed by atoms with E-state index in [1.165, 1.54) is 5.56 Å². The number of ether oxygens (including phenoxy) is 1. The molecule has 2 aromatic carbocycles. The van der Waals surface area contributed by atoms with Crippen molar-refractivity contribution in [1.82, 2.24) is 0 Å². The third-order valence-corrected chi connectivity index (χ3v) is 3.26. The lowest BCUT2D eigenvalue weighted by molar-refractivity contribution is -0.109. The Bertz CT molecular complexity index is 543. The molecule has 2 heteroatoms. The number of carbonyl (C=O) groups excluding carboxylic acids is 1. The van der Waals surface area contributed by atoms with Gasteiger partial charge in [0.2, 0.25) is 0 Å². The van der Waals surface area contributed by atoms with E-state index in [4.69, 9.17) is 4.74 Å². The fourth-order valence-corrected chi connectivity index (χ4v) is 2.11. The molecule has 0 spiro atoms. The van der Waals surface area contributed by atoms with E-state index in [0.717, 1.165) is 23.2 Å². The fourth-order valence-electron chi connectivity index (χ4n) is 2.11. The van der Waals surface area contributed by atoms with Crippen molar-refractivity contribution in [2.45, 2.75) is 19.3 Å². The normalized spacial score (nSPS) is 11.9. The molecule has 1 unspecified atom stereocenters. The molecule has 0 aromatic heterocycles. The van der Waals surface area contributed by atoms with Gasteiger partial charge in [-0.3, -0.25) is 0 Å². The maximum atomic E-state index is 11.3. The molecule has 0 amide bonds. The lowest BCUT2D eigenvalue weighted by Crippen LogP contribution is -2.04. The molecule has 19 heavy (non-hydrogen) atoms. The monoisotopic (exact) mass is 254 g/mol. The Kier molecular flexibility index (Phi) is 4.35. The van der Waals surface area contributed by atoms with Crippen LogP contribution in [0.4, 0.5) is 0 Å². The van der Waals surface area contributed by atoms with Crippen LogP contribution in [0.3, 0.4) is 0 Å². The smallest absolute Gasteiger partial charge is 0.127 e. The Labute approximate surface area is 114 Å². The van der Waals surface area contributed by atoms with Crippen molar-refractivity contribution >= 4 is 6.29 Å². The van der Waals surface area contributed by atoms with Gasteiger partial charge >= 0.3 is 0 Å². The molecule has 0 heterocycles.